The van der Waals surface area contributed by atoms with Crippen LogP contribution in [0.4, 0.5) is 5.13 Å². The molecule has 1 amide bonds. The number of carbonyl (C=O) groups is 1. The van der Waals surface area contributed by atoms with E-state index in [-0.39, 0.29) is 5.57 Å². The molecule has 2 aromatic carbocycles. The first kappa shape index (κ1) is 20.0. The number of carbonyl (C=O) groups excluding carboxylic acids is 1. The zero-order chi connectivity index (χ0) is 20.6. The molecule has 0 aliphatic carbocycles. The molecule has 0 aliphatic rings. The molecule has 29 heavy (non-hydrogen) atoms. The van der Waals surface area contributed by atoms with Crippen LogP contribution < -0.4 is 14.8 Å². The molecule has 0 saturated carbocycles. The summed E-state index contributed by atoms with van der Waals surface area (Å²) in [7, 11) is 1.53. The zero-order valence-corrected chi connectivity index (χ0v) is 16.7. The number of para-hydroxylation sites is 1. The lowest BCUT2D eigenvalue weighted by Crippen LogP contribution is -2.13. The number of benzene rings is 2. The minimum absolute atomic E-state index is 0.0583. The highest BCUT2D eigenvalue weighted by Crippen LogP contribution is 2.32. The first-order valence-corrected chi connectivity index (χ1v) is 9.61. The van der Waals surface area contributed by atoms with Gasteiger partial charge in [-0.15, -0.1) is 10.2 Å². The third-order valence-corrected chi connectivity index (χ3v) is 4.81. The Morgan fingerprint density at radius 2 is 2.00 bits per heavy atom. The number of nitrogens with one attached hydrogen (secondary N) is 1. The van der Waals surface area contributed by atoms with Gasteiger partial charge in [-0.1, -0.05) is 42.5 Å². The van der Waals surface area contributed by atoms with Gasteiger partial charge in [-0.05, 0) is 42.3 Å². The summed E-state index contributed by atoms with van der Waals surface area (Å²) in [5, 5.41) is 21.0. The number of methoxy groups -OCH3 is 1. The number of ether oxygens (including phenoxy) is 2. The monoisotopic (exact) mass is 406 g/mol. The van der Waals surface area contributed by atoms with Crippen molar-refractivity contribution in [1.29, 1.82) is 5.26 Å². The van der Waals surface area contributed by atoms with Gasteiger partial charge in [0.15, 0.2) is 11.5 Å². The predicted molar refractivity (Wildman–Crippen MR) is 111 cm³/mol. The molecule has 0 spiro atoms. The van der Waals surface area contributed by atoms with E-state index in [4.69, 9.17) is 9.47 Å². The first-order chi connectivity index (χ1) is 14.1. The maximum atomic E-state index is 12.4. The fourth-order valence-corrected chi connectivity index (χ4v) is 3.08. The Bertz CT molecular complexity index is 1070. The molecule has 8 heteroatoms. The number of anilines is 1. The number of aryl methyl sites for hydroxylation is 1. The average molecular weight is 406 g/mol. The van der Waals surface area contributed by atoms with E-state index in [1.165, 1.54) is 24.5 Å². The molecule has 7 nitrogen and oxygen atoms in total. The molecule has 3 aromatic rings. The van der Waals surface area contributed by atoms with Gasteiger partial charge in [-0.3, -0.25) is 10.1 Å². The molecule has 0 atom stereocenters. The van der Waals surface area contributed by atoms with Crippen LogP contribution in [0.5, 0.6) is 17.2 Å². The first-order valence-electron chi connectivity index (χ1n) is 8.79. The lowest BCUT2D eigenvalue weighted by molar-refractivity contribution is -0.112. The predicted octanol–water partition coefficient (Wildman–Crippen LogP) is 4.45. The van der Waals surface area contributed by atoms with Gasteiger partial charge in [0, 0.05) is 0 Å². The number of amides is 1. The Kier molecular flexibility index (Phi) is 6.55. The number of hydrogen-bond donors (Lipinski definition) is 1. The largest absolute Gasteiger partial charge is 0.493 e. The number of nitriles is 1. The van der Waals surface area contributed by atoms with Crippen molar-refractivity contribution in [2.75, 3.05) is 12.4 Å². The standard InChI is InChI=1S/C21H18N4O3S/c1-3-19-24-25-21(29-19)23-20(26)15(13-22)11-14-9-10-17(18(12-14)27-2)28-16-7-5-4-6-8-16/h4-12H,3H2,1-2H3,(H,23,25,26). The third kappa shape index (κ3) is 5.18. The summed E-state index contributed by atoms with van der Waals surface area (Å²) in [6, 6.07) is 16.4. The summed E-state index contributed by atoms with van der Waals surface area (Å²) >= 11 is 1.28. The van der Waals surface area contributed by atoms with Gasteiger partial charge in [0.05, 0.1) is 7.11 Å². The van der Waals surface area contributed by atoms with E-state index in [0.717, 1.165) is 11.4 Å². The van der Waals surface area contributed by atoms with Gasteiger partial charge in [0.1, 0.15) is 22.4 Å². The summed E-state index contributed by atoms with van der Waals surface area (Å²) in [6.07, 6.45) is 2.21. The minimum atomic E-state index is -0.546. The summed E-state index contributed by atoms with van der Waals surface area (Å²) in [5.41, 5.74) is 0.567. The van der Waals surface area contributed by atoms with E-state index in [1.54, 1.807) is 18.2 Å². The Hall–Kier alpha value is -3.70. The molecule has 0 bridgehead atoms. The van der Waals surface area contributed by atoms with Gasteiger partial charge in [-0.2, -0.15) is 5.26 Å². The molecule has 1 aromatic heterocycles. The van der Waals surface area contributed by atoms with Crippen molar-refractivity contribution in [3.63, 3.8) is 0 Å². The lowest BCUT2D eigenvalue weighted by Gasteiger charge is -2.11. The second-order valence-corrected chi connectivity index (χ2v) is 6.87. The van der Waals surface area contributed by atoms with Gasteiger partial charge in [-0.25, -0.2) is 0 Å². The van der Waals surface area contributed by atoms with E-state index in [9.17, 15) is 10.1 Å². The minimum Gasteiger partial charge on any atom is -0.493 e. The fourth-order valence-electron chi connectivity index (χ4n) is 2.40. The fraction of sp³-hybridized carbons (Fsp3) is 0.143. The van der Waals surface area contributed by atoms with Crippen molar-refractivity contribution in [2.24, 2.45) is 0 Å². The molecule has 3 rings (SSSR count). The number of rotatable bonds is 7. The number of aromatic nitrogens is 2. The highest BCUT2D eigenvalue weighted by atomic mass is 32.1. The number of nitrogens with zero attached hydrogens (tertiary/aromatic N) is 3. The van der Waals surface area contributed by atoms with Crippen LogP contribution >= 0.6 is 11.3 Å². The zero-order valence-electron chi connectivity index (χ0n) is 15.9. The van der Waals surface area contributed by atoms with Crippen LogP contribution in [0.25, 0.3) is 6.08 Å². The molecule has 1 heterocycles. The molecular formula is C21H18N4O3S. The van der Waals surface area contributed by atoms with Crippen LogP contribution in [0.1, 0.15) is 17.5 Å². The van der Waals surface area contributed by atoms with Crippen LogP contribution in [-0.4, -0.2) is 23.2 Å². The molecular weight excluding hydrogens is 388 g/mol. The van der Waals surface area contributed by atoms with Crippen molar-refractivity contribution in [1.82, 2.24) is 10.2 Å². The highest BCUT2D eigenvalue weighted by Gasteiger charge is 2.13. The van der Waals surface area contributed by atoms with E-state index >= 15 is 0 Å². The quantitative estimate of drug-likeness (QED) is 0.460. The molecule has 0 fully saturated rings. The van der Waals surface area contributed by atoms with Gasteiger partial charge in [0.25, 0.3) is 5.91 Å². The summed E-state index contributed by atoms with van der Waals surface area (Å²) < 4.78 is 11.2. The van der Waals surface area contributed by atoms with E-state index in [0.29, 0.717) is 27.9 Å². The van der Waals surface area contributed by atoms with Crippen molar-refractivity contribution < 1.29 is 14.3 Å². The van der Waals surface area contributed by atoms with Crippen LogP contribution in [0, 0.1) is 11.3 Å². The topological polar surface area (TPSA) is 97.1 Å². The molecule has 146 valence electrons. The maximum Gasteiger partial charge on any atom is 0.268 e. The average Bonchev–Trinajstić information content (AvgIpc) is 3.21. The van der Waals surface area contributed by atoms with Crippen molar-refractivity contribution in [2.45, 2.75) is 13.3 Å². The van der Waals surface area contributed by atoms with E-state index in [1.807, 2.05) is 43.3 Å². The second kappa shape index (κ2) is 9.48. The Morgan fingerprint density at radius 1 is 1.21 bits per heavy atom. The molecule has 0 radical (unpaired) electrons. The molecule has 0 unspecified atom stereocenters. The van der Waals surface area contributed by atoms with E-state index in [2.05, 4.69) is 15.5 Å². The number of hydrogen-bond acceptors (Lipinski definition) is 7. The van der Waals surface area contributed by atoms with Crippen LogP contribution in [0.2, 0.25) is 0 Å². The second-order valence-electron chi connectivity index (χ2n) is 5.80. The normalized spacial score (nSPS) is 10.9. The van der Waals surface area contributed by atoms with Gasteiger partial charge in [0.2, 0.25) is 5.13 Å². The Balaban J connectivity index is 1.79. The third-order valence-electron chi connectivity index (χ3n) is 3.82. The van der Waals surface area contributed by atoms with Crippen molar-refractivity contribution in [3.8, 4) is 23.3 Å². The van der Waals surface area contributed by atoms with Gasteiger partial charge < -0.3 is 9.47 Å². The van der Waals surface area contributed by atoms with E-state index < -0.39 is 5.91 Å². The van der Waals surface area contributed by atoms with Gasteiger partial charge >= 0.3 is 0 Å². The van der Waals surface area contributed by atoms with Crippen molar-refractivity contribution >= 4 is 28.5 Å². The Morgan fingerprint density at radius 3 is 2.66 bits per heavy atom. The summed E-state index contributed by atoms with van der Waals surface area (Å²) in [4.78, 5) is 12.4. The van der Waals surface area contributed by atoms with Crippen LogP contribution in [-0.2, 0) is 11.2 Å². The SMILES string of the molecule is CCc1nnc(NC(=O)C(C#N)=Cc2ccc(Oc3ccccc3)c(OC)c2)s1. The molecule has 1 N–H and O–H groups in total. The summed E-state index contributed by atoms with van der Waals surface area (Å²) in [5.74, 6) is 1.14. The maximum absolute atomic E-state index is 12.4. The Labute approximate surface area is 172 Å². The molecule has 0 saturated heterocycles. The van der Waals surface area contributed by atoms with Crippen LogP contribution in [0.15, 0.2) is 54.1 Å². The summed E-state index contributed by atoms with van der Waals surface area (Å²) in [6.45, 7) is 1.95. The smallest absolute Gasteiger partial charge is 0.268 e. The van der Waals surface area contributed by atoms with Crippen LogP contribution in [0.3, 0.4) is 0 Å². The highest BCUT2D eigenvalue weighted by molar-refractivity contribution is 7.15. The molecule has 0 aliphatic heterocycles. The lowest BCUT2D eigenvalue weighted by atomic mass is 10.1. The van der Waals surface area contributed by atoms with Crippen molar-refractivity contribution in [3.05, 3.63) is 64.7 Å².